The molecule has 1 N–H and O–H groups in total. The van der Waals surface area contributed by atoms with Crippen molar-refractivity contribution in [2.75, 3.05) is 6.61 Å². The van der Waals surface area contributed by atoms with E-state index in [1.165, 1.54) is 12.1 Å². The van der Waals surface area contributed by atoms with Gasteiger partial charge in [-0.1, -0.05) is 6.58 Å². The summed E-state index contributed by atoms with van der Waals surface area (Å²) < 4.78 is 5.14. The van der Waals surface area contributed by atoms with Crippen molar-refractivity contribution < 1.29 is 4.74 Å². The van der Waals surface area contributed by atoms with E-state index in [4.69, 9.17) is 4.74 Å². The minimum absolute atomic E-state index is 0.238. The molecule has 0 fully saturated rings. The molecule has 4 nitrogen and oxygen atoms in total. The second kappa shape index (κ2) is 3.71. The number of hydrogen-bond acceptors (Lipinski definition) is 3. The molecular formula is C8H10N2O2. The van der Waals surface area contributed by atoms with Crippen molar-refractivity contribution in [3.05, 3.63) is 34.6 Å². The number of aromatic amines is 1. The Kier molecular flexibility index (Phi) is 2.63. The summed E-state index contributed by atoms with van der Waals surface area (Å²) in [5.74, 6) is 0.401. The van der Waals surface area contributed by atoms with E-state index in [2.05, 4.69) is 16.8 Å². The molecule has 0 saturated carbocycles. The van der Waals surface area contributed by atoms with Gasteiger partial charge in [-0.3, -0.25) is 4.79 Å². The summed E-state index contributed by atoms with van der Waals surface area (Å²) in [5, 5.41) is 5.91. The minimum Gasteiger partial charge on any atom is -0.472 e. The molecule has 1 rings (SSSR count). The molecule has 0 saturated heterocycles. The molecule has 0 bridgehead atoms. The van der Waals surface area contributed by atoms with Crippen LogP contribution in [0.3, 0.4) is 0 Å². The van der Waals surface area contributed by atoms with Crippen LogP contribution in [0.2, 0.25) is 0 Å². The van der Waals surface area contributed by atoms with Gasteiger partial charge in [0.25, 0.3) is 5.56 Å². The fourth-order valence-corrected chi connectivity index (χ4v) is 0.609. The maximum Gasteiger partial charge on any atom is 0.264 e. The molecular weight excluding hydrogens is 156 g/mol. The van der Waals surface area contributed by atoms with Crippen molar-refractivity contribution in [1.82, 2.24) is 10.2 Å². The maximum absolute atomic E-state index is 10.6. The molecule has 0 unspecified atom stereocenters. The van der Waals surface area contributed by atoms with Crippen molar-refractivity contribution in [3.8, 4) is 5.88 Å². The molecule has 0 spiro atoms. The van der Waals surface area contributed by atoms with Gasteiger partial charge in [0.2, 0.25) is 5.88 Å². The van der Waals surface area contributed by atoms with E-state index >= 15 is 0 Å². The Bertz CT molecular complexity index is 310. The molecule has 0 radical (unpaired) electrons. The van der Waals surface area contributed by atoms with Crippen LogP contribution in [-0.4, -0.2) is 16.8 Å². The van der Waals surface area contributed by atoms with Crippen LogP contribution in [0.25, 0.3) is 0 Å². The van der Waals surface area contributed by atoms with Crippen LogP contribution in [0.4, 0.5) is 0 Å². The molecule has 0 aliphatic rings. The lowest BCUT2D eigenvalue weighted by Gasteiger charge is -2.01. The highest BCUT2D eigenvalue weighted by Crippen LogP contribution is 2.01. The van der Waals surface area contributed by atoms with Gasteiger partial charge in [0.15, 0.2) is 0 Å². The Morgan fingerprint density at radius 3 is 3.00 bits per heavy atom. The molecule has 1 heterocycles. The summed E-state index contributed by atoms with van der Waals surface area (Å²) in [6, 6.07) is 2.88. The van der Waals surface area contributed by atoms with Gasteiger partial charge in [-0.15, -0.1) is 5.10 Å². The predicted octanol–water partition coefficient (Wildman–Crippen LogP) is 0.725. The van der Waals surface area contributed by atoms with Gasteiger partial charge >= 0.3 is 0 Å². The third kappa shape index (κ3) is 2.57. The first-order chi connectivity index (χ1) is 5.68. The number of hydrogen-bond donors (Lipinski definition) is 1. The Balaban J connectivity index is 2.59. The van der Waals surface area contributed by atoms with Gasteiger partial charge in [-0.05, 0) is 12.5 Å². The topological polar surface area (TPSA) is 55.0 Å². The predicted molar refractivity (Wildman–Crippen MR) is 45.2 cm³/mol. The number of nitrogens with zero attached hydrogens (tertiary/aromatic N) is 1. The quantitative estimate of drug-likeness (QED) is 0.673. The molecule has 4 heteroatoms. The number of aromatic nitrogens is 2. The van der Waals surface area contributed by atoms with E-state index in [9.17, 15) is 4.79 Å². The average molecular weight is 166 g/mol. The molecule has 1 aromatic heterocycles. The Morgan fingerprint density at radius 1 is 1.75 bits per heavy atom. The first-order valence-corrected chi connectivity index (χ1v) is 3.51. The largest absolute Gasteiger partial charge is 0.472 e. The van der Waals surface area contributed by atoms with Crippen LogP contribution in [0.1, 0.15) is 6.92 Å². The van der Waals surface area contributed by atoms with Gasteiger partial charge in [-0.25, -0.2) is 5.10 Å². The Hall–Kier alpha value is -1.58. The third-order valence-electron chi connectivity index (χ3n) is 1.12. The van der Waals surface area contributed by atoms with Gasteiger partial charge in [0.05, 0.1) is 0 Å². The fraction of sp³-hybridized carbons (Fsp3) is 0.250. The number of nitrogens with one attached hydrogen (secondary N) is 1. The molecule has 0 amide bonds. The SMILES string of the molecule is C=C(C)COc1ccc(=O)[nH]n1. The van der Waals surface area contributed by atoms with Crippen molar-refractivity contribution >= 4 is 0 Å². The average Bonchev–Trinajstić information content (AvgIpc) is 2.03. The highest BCUT2D eigenvalue weighted by molar-refractivity contribution is 5.06. The lowest BCUT2D eigenvalue weighted by molar-refractivity contribution is 0.334. The number of H-pyrrole nitrogens is 1. The first kappa shape index (κ1) is 8.52. The van der Waals surface area contributed by atoms with Crippen molar-refractivity contribution in [1.29, 1.82) is 0 Å². The molecule has 64 valence electrons. The van der Waals surface area contributed by atoms with E-state index in [-0.39, 0.29) is 5.56 Å². The highest BCUT2D eigenvalue weighted by atomic mass is 16.5. The normalized spacial score (nSPS) is 9.42. The van der Waals surface area contributed by atoms with E-state index in [1.807, 2.05) is 6.92 Å². The lowest BCUT2D eigenvalue weighted by atomic mass is 10.4. The summed E-state index contributed by atoms with van der Waals surface area (Å²) in [6.45, 7) is 5.93. The fourth-order valence-electron chi connectivity index (χ4n) is 0.609. The summed E-state index contributed by atoms with van der Waals surface area (Å²) in [4.78, 5) is 10.6. The van der Waals surface area contributed by atoms with Crippen LogP contribution in [0, 0.1) is 0 Å². The molecule has 12 heavy (non-hydrogen) atoms. The lowest BCUT2D eigenvalue weighted by Crippen LogP contribution is -2.08. The second-order valence-electron chi connectivity index (χ2n) is 2.51. The van der Waals surface area contributed by atoms with E-state index in [0.717, 1.165) is 5.57 Å². The van der Waals surface area contributed by atoms with Gasteiger partial charge in [0, 0.05) is 12.1 Å². The zero-order valence-corrected chi connectivity index (χ0v) is 6.83. The molecule has 0 aromatic carbocycles. The Labute approximate surface area is 69.9 Å². The Morgan fingerprint density at radius 2 is 2.50 bits per heavy atom. The molecule has 0 atom stereocenters. The smallest absolute Gasteiger partial charge is 0.264 e. The summed E-state index contributed by atoms with van der Waals surface area (Å²) in [5.41, 5.74) is 0.667. The number of ether oxygens (including phenoxy) is 1. The number of rotatable bonds is 3. The van der Waals surface area contributed by atoms with Gasteiger partial charge < -0.3 is 4.74 Å². The maximum atomic E-state index is 10.6. The van der Waals surface area contributed by atoms with Crippen LogP contribution >= 0.6 is 0 Å². The summed E-state index contributed by atoms with van der Waals surface area (Å²) in [7, 11) is 0. The molecule has 1 aromatic rings. The van der Waals surface area contributed by atoms with Crippen molar-refractivity contribution in [2.45, 2.75) is 6.92 Å². The zero-order valence-electron chi connectivity index (χ0n) is 6.83. The van der Waals surface area contributed by atoms with Gasteiger partial charge in [0.1, 0.15) is 6.61 Å². The standard InChI is InChI=1S/C8H10N2O2/c1-6(2)5-12-8-4-3-7(11)9-10-8/h3-4H,1,5H2,2H3,(H,9,11). The van der Waals surface area contributed by atoms with Crippen LogP contribution in [-0.2, 0) is 0 Å². The first-order valence-electron chi connectivity index (χ1n) is 3.51. The highest BCUT2D eigenvalue weighted by Gasteiger charge is 1.93. The zero-order chi connectivity index (χ0) is 8.97. The molecule has 0 aliphatic carbocycles. The van der Waals surface area contributed by atoms with E-state index in [1.54, 1.807) is 0 Å². The van der Waals surface area contributed by atoms with E-state index < -0.39 is 0 Å². The van der Waals surface area contributed by atoms with Crippen LogP contribution < -0.4 is 10.3 Å². The summed E-state index contributed by atoms with van der Waals surface area (Å²) in [6.07, 6.45) is 0. The monoisotopic (exact) mass is 166 g/mol. The minimum atomic E-state index is -0.238. The van der Waals surface area contributed by atoms with Crippen molar-refractivity contribution in [3.63, 3.8) is 0 Å². The van der Waals surface area contributed by atoms with Crippen LogP contribution in [0.15, 0.2) is 29.1 Å². The third-order valence-corrected chi connectivity index (χ3v) is 1.12. The second-order valence-corrected chi connectivity index (χ2v) is 2.51. The molecule has 0 aliphatic heterocycles. The van der Waals surface area contributed by atoms with Crippen molar-refractivity contribution in [2.24, 2.45) is 0 Å². The van der Waals surface area contributed by atoms with E-state index in [0.29, 0.717) is 12.5 Å². The van der Waals surface area contributed by atoms with Crippen LogP contribution in [0.5, 0.6) is 5.88 Å². The van der Waals surface area contributed by atoms with Gasteiger partial charge in [-0.2, -0.15) is 0 Å². The summed E-state index contributed by atoms with van der Waals surface area (Å²) >= 11 is 0.